The Morgan fingerprint density at radius 1 is 1.13 bits per heavy atom. The lowest BCUT2D eigenvalue weighted by atomic mass is 9.95. The molecule has 0 bridgehead atoms. The van der Waals surface area contributed by atoms with Gasteiger partial charge < -0.3 is 20.1 Å². The number of hydrogen-bond donors (Lipinski definition) is 2. The lowest BCUT2D eigenvalue weighted by molar-refractivity contribution is 0.251. The predicted molar refractivity (Wildman–Crippen MR) is 119 cm³/mol. The second kappa shape index (κ2) is 9.51. The van der Waals surface area contributed by atoms with Crippen molar-refractivity contribution in [2.75, 3.05) is 26.1 Å². The fourth-order valence-corrected chi connectivity index (χ4v) is 3.91. The molecule has 2 heterocycles. The summed E-state index contributed by atoms with van der Waals surface area (Å²) in [5, 5.41) is 10.6. The predicted octanol–water partition coefficient (Wildman–Crippen LogP) is 3.66. The van der Waals surface area contributed by atoms with Gasteiger partial charge in [0, 0.05) is 30.1 Å². The van der Waals surface area contributed by atoms with Gasteiger partial charge in [-0.05, 0) is 49.9 Å². The van der Waals surface area contributed by atoms with Crippen LogP contribution in [0.2, 0.25) is 0 Å². The molecular weight excluding hydrogens is 394 g/mol. The molecule has 1 aromatic carbocycles. The van der Waals surface area contributed by atoms with Gasteiger partial charge in [0.05, 0.1) is 32.1 Å². The van der Waals surface area contributed by atoms with Crippen LogP contribution < -0.4 is 20.1 Å². The minimum atomic E-state index is -0.297. The van der Waals surface area contributed by atoms with Crippen LogP contribution in [0.15, 0.2) is 42.6 Å². The van der Waals surface area contributed by atoms with Gasteiger partial charge in [-0.1, -0.05) is 6.07 Å². The molecule has 0 radical (unpaired) electrons. The highest BCUT2D eigenvalue weighted by molar-refractivity contribution is 5.91. The lowest BCUT2D eigenvalue weighted by Gasteiger charge is -2.15. The van der Waals surface area contributed by atoms with Crippen LogP contribution in [0.3, 0.4) is 0 Å². The summed E-state index contributed by atoms with van der Waals surface area (Å²) < 4.78 is 12.5. The summed E-state index contributed by atoms with van der Waals surface area (Å²) in [6, 6.07) is 10.8. The van der Waals surface area contributed by atoms with Gasteiger partial charge in [-0.15, -0.1) is 0 Å². The number of benzene rings is 1. The van der Waals surface area contributed by atoms with Crippen LogP contribution in [0, 0.1) is 0 Å². The number of methoxy groups -OCH3 is 2. The molecule has 31 heavy (non-hydrogen) atoms. The summed E-state index contributed by atoms with van der Waals surface area (Å²) >= 11 is 0. The maximum absolute atomic E-state index is 12.4. The highest BCUT2D eigenvalue weighted by Gasteiger charge is 2.22. The Labute approximate surface area is 181 Å². The summed E-state index contributed by atoms with van der Waals surface area (Å²) in [6.45, 7) is 1.06. The second-order valence-electron chi connectivity index (χ2n) is 7.37. The Hall–Kier alpha value is -3.55. The molecule has 0 aliphatic heterocycles. The summed E-state index contributed by atoms with van der Waals surface area (Å²) in [5.41, 5.74) is 4.98. The number of hydrogen-bond acceptors (Lipinski definition) is 5. The number of ether oxygens (including phenoxy) is 2. The number of aromatic nitrogens is 3. The van der Waals surface area contributed by atoms with E-state index in [1.165, 1.54) is 17.7 Å². The molecule has 162 valence electrons. The van der Waals surface area contributed by atoms with Crippen molar-refractivity contribution < 1.29 is 14.3 Å². The summed E-state index contributed by atoms with van der Waals surface area (Å²) in [6.07, 6.45) is 6.15. The molecule has 1 aliphatic rings. The maximum atomic E-state index is 12.4. The van der Waals surface area contributed by atoms with Gasteiger partial charge in [-0.2, -0.15) is 5.10 Å². The first kappa shape index (κ1) is 20.7. The van der Waals surface area contributed by atoms with Gasteiger partial charge >= 0.3 is 6.03 Å². The standard InChI is InChI=1S/C23H27N5O3/c1-30-16-10-11-18(21(15-16)31-2)26-23(29)25-13-14-28-20-9-4-3-7-17(20)22(27-28)19-8-5-6-12-24-19/h5-6,8,10-12,15H,3-4,7,9,13-14H2,1-2H3,(H2,25,26,29). The van der Waals surface area contributed by atoms with Gasteiger partial charge in [0.15, 0.2) is 0 Å². The number of nitrogens with one attached hydrogen (secondary N) is 2. The monoisotopic (exact) mass is 421 g/mol. The number of urea groups is 1. The SMILES string of the molecule is COc1ccc(NC(=O)NCCn2nc(-c3ccccn3)c3c2CCCC3)c(OC)c1. The molecule has 2 amide bonds. The molecule has 8 heteroatoms. The molecule has 3 aromatic rings. The number of amides is 2. The Morgan fingerprint density at radius 3 is 2.77 bits per heavy atom. The molecule has 0 saturated heterocycles. The molecular formula is C23H27N5O3. The Kier molecular flexibility index (Phi) is 6.35. The summed E-state index contributed by atoms with van der Waals surface area (Å²) in [5.74, 6) is 1.20. The second-order valence-corrected chi connectivity index (χ2v) is 7.37. The van der Waals surface area contributed by atoms with Gasteiger partial charge in [-0.3, -0.25) is 9.67 Å². The minimum absolute atomic E-state index is 0.297. The van der Waals surface area contributed by atoms with Crippen molar-refractivity contribution in [1.82, 2.24) is 20.1 Å². The van der Waals surface area contributed by atoms with E-state index in [9.17, 15) is 4.79 Å². The first-order valence-corrected chi connectivity index (χ1v) is 10.5. The third-order valence-corrected chi connectivity index (χ3v) is 5.43. The average molecular weight is 422 g/mol. The Morgan fingerprint density at radius 2 is 2.00 bits per heavy atom. The minimum Gasteiger partial charge on any atom is -0.497 e. The molecule has 0 spiro atoms. The zero-order chi connectivity index (χ0) is 21.6. The topological polar surface area (TPSA) is 90.3 Å². The van der Waals surface area contributed by atoms with E-state index in [1.807, 2.05) is 22.9 Å². The maximum Gasteiger partial charge on any atom is 0.319 e. The van der Waals surface area contributed by atoms with Gasteiger partial charge in [-0.25, -0.2) is 4.79 Å². The van der Waals surface area contributed by atoms with E-state index in [-0.39, 0.29) is 6.03 Å². The molecule has 0 unspecified atom stereocenters. The average Bonchev–Trinajstić information content (AvgIpc) is 3.18. The number of carbonyl (C=O) groups is 1. The molecule has 2 N–H and O–H groups in total. The molecule has 0 fully saturated rings. The molecule has 0 atom stereocenters. The Balaban J connectivity index is 1.41. The number of carbonyl (C=O) groups excluding carboxylic acids is 1. The quantitative estimate of drug-likeness (QED) is 0.608. The van der Waals surface area contributed by atoms with Crippen molar-refractivity contribution in [1.29, 1.82) is 0 Å². The van der Waals surface area contributed by atoms with E-state index in [1.54, 1.807) is 38.6 Å². The van der Waals surface area contributed by atoms with Crippen LogP contribution in [0.5, 0.6) is 11.5 Å². The van der Waals surface area contributed by atoms with E-state index < -0.39 is 0 Å². The number of pyridine rings is 1. The van der Waals surface area contributed by atoms with Crippen molar-refractivity contribution in [3.05, 3.63) is 53.9 Å². The summed E-state index contributed by atoms with van der Waals surface area (Å²) in [7, 11) is 3.14. The fraction of sp³-hybridized carbons (Fsp3) is 0.348. The fourth-order valence-electron chi connectivity index (χ4n) is 3.91. The van der Waals surface area contributed by atoms with Crippen molar-refractivity contribution in [2.24, 2.45) is 0 Å². The van der Waals surface area contributed by atoms with Gasteiger partial charge in [0.2, 0.25) is 0 Å². The van der Waals surface area contributed by atoms with Crippen molar-refractivity contribution in [3.63, 3.8) is 0 Å². The number of anilines is 1. The molecule has 4 rings (SSSR count). The third kappa shape index (κ3) is 4.63. The van der Waals surface area contributed by atoms with Crippen LogP contribution in [0.4, 0.5) is 10.5 Å². The van der Waals surface area contributed by atoms with Gasteiger partial charge in [0.1, 0.15) is 17.2 Å². The van der Waals surface area contributed by atoms with E-state index in [4.69, 9.17) is 14.6 Å². The van der Waals surface area contributed by atoms with E-state index in [0.29, 0.717) is 30.3 Å². The first-order valence-electron chi connectivity index (χ1n) is 10.5. The zero-order valence-electron chi connectivity index (χ0n) is 17.9. The highest BCUT2D eigenvalue weighted by atomic mass is 16.5. The van der Waals surface area contributed by atoms with E-state index in [2.05, 4.69) is 15.6 Å². The van der Waals surface area contributed by atoms with E-state index in [0.717, 1.165) is 30.7 Å². The van der Waals surface area contributed by atoms with Crippen LogP contribution >= 0.6 is 0 Å². The largest absolute Gasteiger partial charge is 0.497 e. The van der Waals surface area contributed by atoms with Crippen LogP contribution in [0.1, 0.15) is 24.1 Å². The lowest BCUT2D eigenvalue weighted by Crippen LogP contribution is -2.32. The molecule has 2 aromatic heterocycles. The smallest absolute Gasteiger partial charge is 0.319 e. The highest BCUT2D eigenvalue weighted by Crippen LogP contribution is 2.30. The van der Waals surface area contributed by atoms with Crippen molar-refractivity contribution >= 4 is 11.7 Å². The number of fused-ring (bicyclic) bond motifs is 1. The van der Waals surface area contributed by atoms with Crippen molar-refractivity contribution in [2.45, 2.75) is 32.2 Å². The number of rotatable bonds is 7. The molecule has 8 nitrogen and oxygen atoms in total. The Bertz CT molecular complexity index is 1050. The number of nitrogens with zero attached hydrogens (tertiary/aromatic N) is 3. The van der Waals surface area contributed by atoms with Crippen molar-refractivity contribution in [3.8, 4) is 22.9 Å². The zero-order valence-corrected chi connectivity index (χ0v) is 17.9. The summed E-state index contributed by atoms with van der Waals surface area (Å²) in [4.78, 5) is 16.9. The molecule has 0 saturated carbocycles. The van der Waals surface area contributed by atoms with Crippen LogP contribution in [0.25, 0.3) is 11.4 Å². The molecule has 1 aliphatic carbocycles. The van der Waals surface area contributed by atoms with Gasteiger partial charge in [0.25, 0.3) is 0 Å². The first-order chi connectivity index (χ1) is 15.2. The van der Waals surface area contributed by atoms with Crippen LogP contribution in [-0.4, -0.2) is 41.6 Å². The third-order valence-electron chi connectivity index (χ3n) is 5.43. The normalized spacial score (nSPS) is 12.7. The van der Waals surface area contributed by atoms with E-state index >= 15 is 0 Å². The van der Waals surface area contributed by atoms with Crippen LogP contribution in [-0.2, 0) is 19.4 Å².